The van der Waals surface area contributed by atoms with Gasteiger partial charge >= 0.3 is 0 Å². The van der Waals surface area contributed by atoms with Crippen LogP contribution in [0.25, 0.3) is 17.0 Å². The van der Waals surface area contributed by atoms with E-state index in [1.54, 1.807) is 6.08 Å². The molecule has 0 aliphatic rings. The molecule has 0 unspecified atom stereocenters. The predicted molar refractivity (Wildman–Crippen MR) is 148 cm³/mol. The molecule has 0 aliphatic heterocycles. The molecule has 0 saturated carbocycles. The summed E-state index contributed by atoms with van der Waals surface area (Å²) in [5.41, 5.74) is 9.25. The Morgan fingerprint density at radius 3 is 2.57 bits per heavy atom. The van der Waals surface area contributed by atoms with Crippen molar-refractivity contribution >= 4 is 22.9 Å². The highest BCUT2D eigenvalue weighted by Crippen LogP contribution is 2.22. The Balaban J connectivity index is 1.16. The van der Waals surface area contributed by atoms with Crippen LogP contribution >= 0.6 is 0 Å². The van der Waals surface area contributed by atoms with Gasteiger partial charge in [-0.3, -0.25) is 9.63 Å². The number of rotatable bonds is 12. The summed E-state index contributed by atoms with van der Waals surface area (Å²) in [5.74, 6) is 2.78. The van der Waals surface area contributed by atoms with Gasteiger partial charge in [0.2, 0.25) is 0 Å². The van der Waals surface area contributed by atoms with E-state index < -0.39 is 0 Å². The van der Waals surface area contributed by atoms with Gasteiger partial charge in [-0.05, 0) is 66.4 Å². The van der Waals surface area contributed by atoms with Crippen LogP contribution in [0.2, 0.25) is 0 Å². The van der Waals surface area contributed by atoms with Crippen molar-refractivity contribution in [1.82, 2.24) is 15.8 Å². The van der Waals surface area contributed by atoms with Crippen LogP contribution in [0.4, 0.5) is 0 Å². The molecule has 1 aromatic heterocycles. The standard InChI is InChI=1S/C31H31N3O3/c1-3-20-36-27-15-12-26(13-16-27)22-37-34-31(35)17-14-24-8-10-25(11-9-24)21-32-19-18-28-23(2)33-30-7-5-4-6-29(28)30/h1,4-17,32-33H,18-22H2,2H3,(H,34,35)/b17-14+. The Bertz CT molecular complexity index is 1380. The largest absolute Gasteiger partial charge is 0.481 e. The second-order valence-electron chi connectivity index (χ2n) is 8.67. The molecule has 3 N–H and O–H groups in total. The molecule has 0 saturated heterocycles. The molecule has 188 valence electrons. The lowest BCUT2D eigenvalue weighted by Gasteiger charge is -2.07. The van der Waals surface area contributed by atoms with E-state index in [1.807, 2.05) is 36.4 Å². The first-order valence-corrected chi connectivity index (χ1v) is 12.2. The van der Waals surface area contributed by atoms with Gasteiger partial charge in [0.05, 0.1) is 6.61 Å². The van der Waals surface area contributed by atoms with Crippen LogP contribution in [0.5, 0.6) is 5.75 Å². The van der Waals surface area contributed by atoms with Gasteiger partial charge in [-0.25, -0.2) is 5.48 Å². The highest BCUT2D eigenvalue weighted by atomic mass is 16.6. The lowest BCUT2D eigenvalue weighted by atomic mass is 10.1. The summed E-state index contributed by atoms with van der Waals surface area (Å²) in [6, 6.07) is 23.9. The number of hydroxylamine groups is 1. The number of benzene rings is 3. The van der Waals surface area contributed by atoms with Crippen molar-refractivity contribution < 1.29 is 14.4 Å². The van der Waals surface area contributed by atoms with Crippen LogP contribution in [0, 0.1) is 19.3 Å². The summed E-state index contributed by atoms with van der Waals surface area (Å²) in [6.07, 6.45) is 9.36. The third-order valence-corrected chi connectivity index (χ3v) is 5.97. The van der Waals surface area contributed by atoms with Crippen LogP contribution in [-0.4, -0.2) is 24.0 Å². The van der Waals surface area contributed by atoms with Crippen molar-refractivity contribution in [2.75, 3.05) is 13.2 Å². The van der Waals surface area contributed by atoms with Gasteiger partial charge in [-0.15, -0.1) is 6.42 Å². The zero-order valence-electron chi connectivity index (χ0n) is 20.9. The summed E-state index contributed by atoms with van der Waals surface area (Å²) < 4.78 is 5.33. The van der Waals surface area contributed by atoms with Crippen LogP contribution in [0.15, 0.2) is 78.9 Å². The highest BCUT2D eigenvalue weighted by Gasteiger charge is 2.07. The smallest absolute Gasteiger partial charge is 0.267 e. The second-order valence-corrected chi connectivity index (χ2v) is 8.67. The molecule has 0 spiro atoms. The molecule has 4 rings (SSSR count). The maximum Gasteiger partial charge on any atom is 0.267 e. The van der Waals surface area contributed by atoms with E-state index in [0.29, 0.717) is 5.75 Å². The lowest BCUT2D eigenvalue weighted by molar-refractivity contribution is -0.129. The monoisotopic (exact) mass is 493 g/mol. The Labute approximate surface area is 217 Å². The number of carbonyl (C=O) groups is 1. The molecule has 0 aliphatic carbocycles. The average Bonchev–Trinajstić information content (AvgIpc) is 3.25. The van der Waals surface area contributed by atoms with Crippen molar-refractivity contribution in [3.63, 3.8) is 0 Å². The van der Waals surface area contributed by atoms with Gasteiger partial charge in [0.15, 0.2) is 0 Å². The molecule has 6 heteroatoms. The number of H-pyrrole nitrogens is 1. The Hall–Kier alpha value is -4.31. The zero-order chi connectivity index (χ0) is 25.9. The highest BCUT2D eigenvalue weighted by molar-refractivity contribution is 5.91. The number of para-hydroxylation sites is 1. The van der Waals surface area contributed by atoms with Crippen LogP contribution in [-0.2, 0) is 29.2 Å². The van der Waals surface area contributed by atoms with E-state index in [2.05, 4.69) is 65.0 Å². The minimum Gasteiger partial charge on any atom is -0.481 e. The molecule has 3 aromatic carbocycles. The van der Waals surface area contributed by atoms with Crippen LogP contribution in [0.1, 0.15) is 27.9 Å². The molecular weight excluding hydrogens is 462 g/mol. The molecule has 6 nitrogen and oxygen atoms in total. The minimum absolute atomic E-state index is 0.226. The minimum atomic E-state index is -0.327. The molecule has 0 radical (unpaired) electrons. The molecule has 0 fully saturated rings. The van der Waals surface area contributed by atoms with E-state index in [1.165, 1.54) is 33.8 Å². The van der Waals surface area contributed by atoms with Gasteiger partial charge in [-0.2, -0.15) is 0 Å². The molecule has 1 amide bonds. The van der Waals surface area contributed by atoms with Gasteiger partial charge in [0.1, 0.15) is 12.4 Å². The summed E-state index contributed by atoms with van der Waals surface area (Å²) in [6.45, 7) is 4.29. The number of terminal acetylenes is 1. The van der Waals surface area contributed by atoms with Crippen LogP contribution in [0.3, 0.4) is 0 Å². The van der Waals surface area contributed by atoms with E-state index >= 15 is 0 Å². The first kappa shape index (κ1) is 25.8. The van der Waals surface area contributed by atoms with Gasteiger partial charge in [0.25, 0.3) is 5.91 Å². The zero-order valence-corrected chi connectivity index (χ0v) is 20.9. The number of carbonyl (C=O) groups excluding carboxylic acids is 1. The SMILES string of the molecule is C#CCOc1ccc(CONC(=O)/C=C/c2ccc(CNCCc3c(C)[nH]c4ccccc34)cc2)cc1. The van der Waals surface area contributed by atoms with E-state index in [9.17, 15) is 4.79 Å². The summed E-state index contributed by atoms with van der Waals surface area (Å²) in [7, 11) is 0. The average molecular weight is 494 g/mol. The second kappa shape index (κ2) is 13.1. The number of aromatic amines is 1. The van der Waals surface area contributed by atoms with Crippen molar-refractivity contribution in [2.24, 2.45) is 0 Å². The number of ether oxygens (including phenoxy) is 1. The quantitative estimate of drug-likeness (QED) is 0.111. The number of aromatic nitrogens is 1. The normalized spacial score (nSPS) is 11.0. The third kappa shape index (κ3) is 7.58. The van der Waals surface area contributed by atoms with Crippen molar-refractivity contribution in [2.45, 2.75) is 26.5 Å². The number of hydrogen-bond acceptors (Lipinski definition) is 4. The fraction of sp³-hybridized carbons (Fsp3) is 0.194. The van der Waals surface area contributed by atoms with Gasteiger partial charge in [0, 0.05) is 29.2 Å². The third-order valence-electron chi connectivity index (χ3n) is 5.97. The summed E-state index contributed by atoms with van der Waals surface area (Å²) >= 11 is 0. The first-order chi connectivity index (χ1) is 18.1. The topological polar surface area (TPSA) is 75.4 Å². The number of nitrogens with one attached hydrogen (secondary N) is 3. The number of amides is 1. The summed E-state index contributed by atoms with van der Waals surface area (Å²) in [5, 5.41) is 4.82. The first-order valence-electron chi connectivity index (χ1n) is 12.2. The summed E-state index contributed by atoms with van der Waals surface area (Å²) in [4.78, 5) is 20.8. The molecule has 0 atom stereocenters. The van der Waals surface area contributed by atoms with E-state index in [0.717, 1.165) is 30.6 Å². The predicted octanol–water partition coefficient (Wildman–Crippen LogP) is 5.08. The molecule has 0 bridgehead atoms. The van der Waals surface area contributed by atoms with Crippen molar-refractivity contribution in [3.05, 3.63) is 107 Å². The molecule has 37 heavy (non-hydrogen) atoms. The van der Waals surface area contributed by atoms with Gasteiger partial charge in [-0.1, -0.05) is 60.5 Å². The number of aryl methyl sites for hydroxylation is 1. The number of hydrogen-bond donors (Lipinski definition) is 3. The fourth-order valence-corrected chi connectivity index (χ4v) is 4.05. The molecule has 1 heterocycles. The van der Waals surface area contributed by atoms with E-state index in [-0.39, 0.29) is 19.1 Å². The number of fused-ring (bicyclic) bond motifs is 1. The van der Waals surface area contributed by atoms with Crippen molar-refractivity contribution in [3.8, 4) is 18.1 Å². The fourth-order valence-electron chi connectivity index (χ4n) is 4.05. The Morgan fingerprint density at radius 2 is 1.78 bits per heavy atom. The lowest BCUT2D eigenvalue weighted by Crippen LogP contribution is -2.21. The Morgan fingerprint density at radius 1 is 1.03 bits per heavy atom. The van der Waals surface area contributed by atoms with Crippen molar-refractivity contribution in [1.29, 1.82) is 0 Å². The van der Waals surface area contributed by atoms with Gasteiger partial charge < -0.3 is 15.0 Å². The molecular formula is C31H31N3O3. The van der Waals surface area contributed by atoms with Crippen LogP contribution < -0.4 is 15.5 Å². The maximum absolute atomic E-state index is 12.0. The van der Waals surface area contributed by atoms with E-state index in [4.69, 9.17) is 16.0 Å². The Kier molecular flexibility index (Phi) is 9.14. The maximum atomic E-state index is 12.0. The molecule has 4 aromatic rings.